The van der Waals surface area contributed by atoms with Gasteiger partial charge in [0.25, 0.3) is 0 Å². The number of hydrogen-bond donors (Lipinski definition) is 0. The maximum absolute atomic E-state index is 13.3. The Kier molecular flexibility index (Phi) is 4.82. The quantitative estimate of drug-likeness (QED) is 0.749. The molecule has 0 N–H and O–H groups in total. The number of fused-ring (bicyclic) bond motifs is 3. The van der Waals surface area contributed by atoms with E-state index in [-0.39, 0.29) is 23.4 Å². The summed E-state index contributed by atoms with van der Waals surface area (Å²) in [4.78, 5) is 0. The maximum atomic E-state index is 13.3. The van der Waals surface area contributed by atoms with Crippen molar-refractivity contribution in [1.82, 2.24) is 9.78 Å². The van der Waals surface area contributed by atoms with Crippen molar-refractivity contribution in [1.29, 1.82) is 0 Å². The first-order chi connectivity index (χ1) is 14.5. The molecule has 30 heavy (non-hydrogen) atoms. The zero-order valence-corrected chi connectivity index (χ0v) is 17.6. The Labute approximate surface area is 175 Å². The van der Waals surface area contributed by atoms with Gasteiger partial charge in [0.2, 0.25) is 0 Å². The topological polar surface area (TPSA) is 54.7 Å². The summed E-state index contributed by atoms with van der Waals surface area (Å²) in [5.41, 5.74) is 4.04. The summed E-state index contributed by atoms with van der Waals surface area (Å²) >= 11 is 0. The third-order valence-corrected chi connectivity index (χ3v) is 6.85. The van der Waals surface area contributed by atoms with E-state index in [1.807, 2.05) is 10.9 Å². The van der Waals surface area contributed by atoms with Crippen LogP contribution in [0.5, 0.6) is 0 Å². The Morgan fingerprint density at radius 1 is 1.13 bits per heavy atom. The highest BCUT2D eigenvalue weighted by atomic mass is 19.1. The number of nitrogens with zero attached hydrogens (tertiary/aromatic N) is 2. The molecule has 2 aromatic rings. The summed E-state index contributed by atoms with van der Waals surface area (Å²) in [6, 6.07) is 6.41. The third-order valence-electron chi connectivity index (χ3n) is 6.85. The lowest BCUT2D eigenvalue weighted by atomic mass is 9.72. The van der Waals surface area contributed by atoms with E-state index < -0.39 is 5.79 Å². The molecule has 1 aromatic heterocycles. The first-order valence-electron chi connectivity index (χ1n) is 10.4. The lowest BCUT2D eigenvalue weighted by molar-refractivity contribution is -0.228. The predicted octanol–water partition coefficient (Wildman–Crippen LogP) is 3.52. The van der Waals surface area contributed by atoms with Gasteiger partial charge in [-0.3, -0.25) is 0 Å². The second-order valence-electron chi connectivity index (χ2n) is 8.60. The monoisotopic (exact) mass is 414 g/mol. The smallest absolute Gasteiger partial charge is 0.179 e. The van der Waals surface area contributed by atoms with Crippen LogP contribution in [0.1, 0.15) is 31.0 Å². The van der Waals surface area contributed by atoms with Crippen molar-refractivity contribution in [2.24, 2.45) is 5.41 Å². The predicted molar refractivity (Wildman–Crippen MR) is 109 cm³/mol. The number of hydrogen-bond acceptors (Lipinski definition) is 5. The molecule has 0 bridgehead atoms. The summed E-state index contributed by atoms with van der Waals surface area (Å²) in [5.74, 6) is -0.948. The van der Waals surface area contributed by atoms with Gasteiger partial charge in [-0.05, 0) is 48.7 Å². The van der Waals surface area contributed by atoms with Crippen molar-refractivity contribution in [2.75, 3.05) is 27.4 Å². The van der Waals surface area contributed by atoms with E-state index >= 15 is 0 Å². The van der Waals surface area contributed by atoms with E-state index in [0.717, 1.165) is 36.2 Å². The van der Waals surface area contributed by atoms with Crippen LogP contribution >= 0.6 is 0 Å². The van der Waals surface area contributed by atoms with Crippen LogP contribution in [0, 0.1) is 11.2 Å². The summed E-state index contributed by atoms with van der Waals surface area (Å²) in [5, 5.41) is 4.59. The minimum Gasteiger partial charge on any atom is -0.382 e. The van der Waals surface area contributed by atoms with Crippen LogP contribution in [-0.2, 0) is 25.4 Å². The Morgan fingerprint density at radius 2 is 1.80 bits per heavy atom. The van der Waals surface area contributed by atoms with Crippen molar-refractivity contribution in [2.45, 2.75) is 44.2 Å². The van der Waals surface area contributed by atoms with Gasteiger partial charge in [-0.2, -0.15) is 5.10 Å². The number of ether oxygens (including phenoxy) is 4. The summed E-state index contributed by atoms with van der Waals surface area (Å²) in [6.07, 6.45) is 6.26. The van der Waals surface area contributed by atoms with Gasteiger partial charge in [0.05, 0.1) is 30.8 Å². The van der Waals surface area contributed by atoms with E-state index in [4.69, 9.17) is 18.9 Å². The van der Waals surface area contributed by atoms with Gasteiger partial charge in [0, 0.05) is 26.1 Å². The van der Waals surface area contributed by atoms with Gasteiger partial charge in [-0.25, -0.2) is 9.07 Å². The molecule has 0 unspecified atom stereocenters. The van der Waals surface area contributed by atoms with Crippen molar-refractivity contribution in [3.8, 4) is 5.69 Å². The fourth-order valence-corrected chi connectivity index (χ4v) is 5.25. The molecule has 1 spiro atoms. The normalized spacial score (nSPS) is 29.1. The van der Waals surface area contributed by atoms with Crippen LogP contribution in [0.4, 0.5) is 4.39 Å². The van der Waals surface area contributed by atoms with Crippen LogP contribution in [-0.4, -0.2) is 55.2 Å². The minimum absolute atomic E-state index is 0.158. The van der Waals surface area contributed by atoms with Gasteiger partial charge in [0.15, 0.2) is 5.79 Å². The van der Waals surface area contributed by atoms with Crippen LogP contribution in [0.15, 0.2) is 36.0 Å². The van der Waals surface area contributed by atoms with Crippen LogP contribution in [0.25, 0.3) is 11.8 Å². The first-order valence-corrected chi connectivity index (χ1v) is 10.4. The molecule has 1 saturated carbocycles. The molecule has 3 aliphatic rings. The molecule has 3 atom stereocenters. The van der Waals surface area contributed by atoms with Gasteiger partial charge >= 0.3 is 0 Å². The highest BCUT2D eigenvalue weighted by Gasteiger charge is 2.63. The second-order valence-corrected chi connectivity index (χ2v) is 8.60. The molecule has 1 aliphatic heterocycles. The molecular formula is C23H27FN2O4. The standard InChI is InChI=1S/C23H27FN2O4/c1-22-11-15-12-25-26(18-6-4-17(24)5-7-18)19(15)10-16(22)8-9-23(22)29-20(13-27-2)21(30-23)14-28-3/h4-7,10,12,20-21H,8-9,11,13-14H2,1-3H3/t20-,21-,22-/m0/s1. The molecule has 2 fully saturated rings. The van der Waals surface area contributed by atoms with Crippen molar-refractivity contribution < 1.29 is 23.3 Å². The van der Waals surface area contributed by atoms with Gasteiger partial charge < -0.3 is 18.9 Å². The van der Waals surface area contributed by atoms with Crippen molar-refractivity contribution >= 4 is 6.08 Å². The van der Waals surface area contributed by atoms with Crippen LogP contribution in [0.2, 0.25) is 0 Å². The highest BCUT2D eigenvalue weighted by molar-refractivity contribution is 5.62. The molecule has 2 heterocycles. The molecule has 7 heteroatoms. The van der Waals surface area contributed by atoms with E-state index in [1.165, 1.54) is 17.7 Å². The third kappa shape index (κ3) is 2.87. The van der Waals surface area contributed by atoms with Gasteiger partial charge in [-0.15, -0.1) is 0 Å². The molecule has 5 rings (SSSR count). The zero-order valence-electron chi connectivity index (χ0n) is 17.6. The number of rotatable bonds is 5. The molecular weight excluding hydrogens is 387 g/mol. The Morgan fingerprint density at radius 3 is 2.43 bits per heavy atom. The molecule has 1 saturated heterocycles. The SMILES string of the molecule is COC[C@@H]1OC2(CCC3=Cc4c(cnn4-c4ccc(F)cc4)C[C@@]32C)O[C@H]1COC. The number of benzene rings is 1. The lowest BCUT2D eigenvalue weighted by Crippen LogP contribution is -2.47. The Balaban J connectivity index is 1.49. The minimum atomic E-state index is -0.694. The van der Waals surface area contributed by atoms with Crippen LogP contribution < -0.4 is 0 Å². The largest absolute Gasteiger partial charge is 0.382 e. The maximum Gasteiger partial charge on any atom is 0.179 e. The van der Waals surface area contributed by atoms with Crippen LogP contribution in [0.3, 0.4) is 0 Å². The first kappa shape index (κ1) is 19.9. The van der Waals surface area contributed by atoms with E-state index in [2.05, 4.69) is 18.1 Å². The molecule has 160 valence electrons. The lowest BCUT2D eigenvalue weighted by Gasteiger charge is -2.42. The summed E-state index contributed by atoms with van der Waals surface area (Å²) < 4.78 is 39.1. The molecule has 2 aliphatic carbocycles. The average molecular weight is 414 g/mol. The average Bonchev–Trinajstić information content (AvgIpc) is 3.37. The van der Waals surface area contributed by atoms with E-state index in [9.17, 15) is 4.39 Å². The zero-order chi connectivity index (χ0) is 20.9. The number of methoxy groups -OCH3 is 2. The van der Waals surface area contributed by atoms with E-state index in [1.54, 1.807) is 26.4 Å². The van der Waals surface area contributed by atoms with Crippen molar-refractivity contribution in [3.63, 3.8) is 0 Å². The van der Waals surface area contributed by atoms with Crippen molar-refractivity contribution in [3.05, 3.63) is 53.1 Å². The van der Waals surface area contributed by atoms with E-state index in [0.29, 0.717) is 13.2 Å². The molecule has 1 aromatic carbocycles. The molecule has 0 radical (unpaired) electrons. The summed E-state index contributed by atoms with van der Waals surface area (Å²) in [7, 11) is 3.35. The summed E-state index contributed by atoms with van der Waals surface area (Å²) in [6.45, 7) is 3.17. The number of halogens is 1. The number of aromatic nitrogens is 2. The highest BCUT2D eigenvalue weighted by Crippen LogP contribution is 2.60. The molecule has 0 amide bonds. The fraction of sp³-hybridized carbons (Fsp3) is 0.522. The Hall–Kier alpha value is -2.06. The van der Waals surface area contributed by atoms with Gasteiger partial charge in [-0.1, -0.05) is 12.5 Å². The molecule has 6 nitrogen and oxygen atoms in total. The second kappa shape index (κ2) is 7.27. The Bertz CT molecular complexity index is 956. The van der Waals surface area contributed by atoms with Gasteiger partial charge in [0.1, 0.15) is 18.0 Å². The fourth-order valence-electron chi connectivity index (χ4n) is 5.25.